The zero-order chi connectivity index (χ0) is 20.9. The molecule has 10 nitrogen and oxygen atoms in total. The number of nitrogens with one attached hydrogen (secondary N) is 1. The molecule has 3 heterocycles. The maximum Gasteiger partial charge on any atom is 0.293 e. The Balaban J connectivity index is 1.40. The average molecular weight is 414 g/mol. The van der Waals surface area contributed by atoms with Crippen LogP contribution in [-0.4, -0.2) is 58.4 Å². The van der Waals surface area contributed by atoms with Crippen molar-refractivity contribution in [3.05, 3.63) is 45.5 Å². The lowest BCUT2D eigenvalue weighted by atomic mass is 10.1. The summed E-state index contributed by atoms with van der Waals surface area (Å²) >= 11 is 0. The van der Waals surface area contributed by atoms with Crippen LogP contribution in [0.15, 0.2) is 18.2 Å². The molecule has 30 heavy (non-hydrogen) atoms. The number of nitro benzene ring substituents is 1. The highest BCUT2D eigenvalue weighted by molar-refractivity contribution is 5.95. The first-order valence-corrected chi connectivity index (χ1v) is 10.4. The van der Waals surface area contributed by atoms with Gasteiger partial charge in [-0.3, -0.25) is 14.9 Å². The minimum atomic E-state index is -0.437. The Morgan fingerprint density at radius 2 is 2.00 bits per heavy atom. The quantitative estimate of drug-likeness (QED) is 0.565. The minimum Gasteiger partial charge on any atom is -0.378 e. The summed E-state index contributed by atoms with van der Waals surface area (Å²) < 4.78 is 7.47. The molecule has 1 N–H and O–H groups in total. The lowest BCUT2D eigenvalue weighted by Crippen LogP contribution is -2.36. The van der Waals surface area contributed by atoms with E-state index in [-0.39, 0.29) is 17.2 Å². The number of morpholine rings is 1. The smallest absolute Gasteiger partial charge is 0.293 e. The number of rotatable bonds is 6. The van der Waals surface area contributed by atoms with Crippen molar-refractivity contribution in [3.63, 3.8) is 0 Å². The van der Waals surface area contributed by atoms with Gasteiger partial charge in [-0.15, -0.1) is 10.2 Å². The monoisotopic (exact) mass is 414 g/mol. The second kappa shape index (κ2) is 9.21. The molecule has 2 aliphatic rings. The third kappa shape index (κ3) is 4.43. The Bertz CT molecular complexity index is 922. The van der Waals surface area contributed by atoms with Crippen molar-refractivity contribution < 1.29 is 14.5 Å². The molecule has 1 saturated heterocycles. The zero-order valence-corrected chi connectivity index (χ0v) is 16.9. The normalized spacial score (nSPS) is 16.6. The maximum absolute atomic E-state index is 12.6. The maximum atomic E-state index is 12.6. The lowest BCUT2D eigenvalue weighted by Gasteiger charge is -2.28. The van der Waals surface area contributed by atoms with Gasteiger partial charge in [0.2, 0.25) is 0 Å². The topological polar surface area (TPSA) is 115 Å². The zero-order valence-electron chi connectivity index (χ0n) is 16.9. The number of carbonyl (C=O) groups excluding carboxylic acids is 1. The van der Waals surface area contributed by atoms with Crippen molar-refractivity contribution in [1.82, 2.24) is 20.1 Å². The summed E-state index contributed by atoms with van der Waals surface area (Å²) in [4.78, 5) is 25.6. The van der Waals surface area contributed by atoms with Crippen molar-refractivity contribution in [3.8, 4) is 0 Å². The highest BCUT2D eigenvalue weighted by Gasteiger charge is 2.23. The van der Waals surface area contributed by atoms with Gasteiger partial charge in [0.25, 0.3) is 11.6 Å². The molecule has 10 heteroatoms. The molecule has 1 amide bonds. The van der Waals surface area contributed by atoms with Crippen LogP contribution in [0.4, 0.5) is 11.4 Å². The molecule has 1 aromatic carbocycles. The molecule has 1 aromatic heterocycles. The number of ether oxygens (including phenoxy) is 1. The number of carbonyl (C=O) groups is 1. The second-order valence-corrected chi connectivity index (χ2v) is 7.56. The number of amides is 1. The molecule has 0 aliphatic carbocycles. The van der Waals surface area contributed by atoms with Gasteiger partial charge in [0, 0.05) is 50.7 Å². The number of hydrogen-bond donors (Lipinski definition) is 1. The molecule has 0 unspecified atom stereocenters. The molecule has 0 radical (unpaired) electrons. The number of aryl methyl sites for hydroxylation is 1. The van der Waals surface area contributed by atoms with Gasteiger partial charge in [0.15, 0.2) is 0 Å². The number of fused-ring (bicyclic) bond motifs is 1. The Morgan fingerprint density at radius 1 is 1.17 bits per heavy atom. The molecular formula is C20H26N6O4. The fourth-order valence-corrected chi connectivity index (χ4v) is 4.00. The van der Waals surface area contributed by atoms with E-state index in [1.165, 1.54) is 12.5 Å². The number of aromatic nitrogens is 3. The van der Waals surface area contributed by atoms with Gasteiger partial charge in [-0.05, 0) is 25.0 Å². The Morgan fingerprint density at radius 3 is 2.80 bits per heavy atom. The third-order valence-electron chi connectivity index (χ3n) is 5.61. The highest BCUT2D eigenvalue weighted by atomic mass is 16.6. The second-order valence-electron chi connectivity index (χ2n) is 7.56. The van der Waals surface area contributed by atoms with E-state index in [1.807, 2.05) is 4.90 Å². The average Bonchev–Trinajstić information content (AvgIpc) is 2.99. The Hall–Kier alpha value is -3.01. The highest BCUT2D eigenvalue weighted by Crippen LogP contribution is 2.30. The largest absolute Gasteiger partial charge is 0.378 e. The predicted molar refractivity (Wildman–Crippen MR) is 110 cm³/mol. The van der Waals surface area contributed by atoms with Crippen molar-refractivity contribution in [1.29, 1.82) is 0 Å². The number of nitrogens with zero attached hydrogens (tertiary/aromatic N) is 5. The molecule has 0 atom stereocenters. The van der Waals surface area contributed by atoms with Gasteiger partial charge < -0.3 is 19.5 Å². The number of benzene rings is 1. The molecule has 2 aliphatic heterocycles. The van der Waals surface area contributed by atoms with Crippen LogP contribution in [0.25, 0.3) is 0 Å². The minimum absolute atomic E-state index is 0.0627. The van der Waals surface area contributed by atoms with E-state index in [2.05, 4.69) is 20.1 Å². The standard InChI is InChI=1S/C20H26N6O4/c27-20(21-8-7-19-23-22-18-4-2-1-3-9-25(18)19)15-5-6-16(17(14-15)26(28)29)24-10-12-30-13-11-24/h5-6,14H,1-4,7-13H2,(H,21,27). The summed E-state index contributed by atoms with van der Waals surface area (Å²) in [5.41, 5.74) is 0.733. The fourth-order valence-electron chi connectivity index (χ4n) is 4.00. The summed E-state index contributed by atoms with van der Waals surface area (Å²) in [7, 11) is 0. The van der Waals surface area contributed by atoms with Crippen LogP contribution in [0, 0.1) is 10.1 Å². The molecular weight excluding hydrogens is 388 g/mol. The van der Waals surface area contributed by atoms with E-state index < -0.39 is 4.92 Å². The summed E-state index contributed by atoms with van der Waals surface area (Å²) in [5, 5.41) is 23.0. The van der Waals surface area contributed by atoms with E-state index in [4.69, 9.17) is 4.74 Å². The summed E-state index contributed by atoms with van der Waals surface area (Å²) in [6.07, 6.45) is 4.96. The fraction of sp³-hybridized carbons (Fsp3) is 0.550. The van der Waals surface area contributed by atoms with E-state index in [9.17, 15) is 14.9 Å². The van der Waals surface area contributed by atoms with Crippen LogP contribution >= 0.6 is 0 Å². The van der Waals surface area contributed by atoms with Gasteiger partial charge in [-0.25, -0.2) is 0 Å². The first-order valence-electron chi connectivity index (χ1n) is 10.4. The number of nitro groups is 1. The van der Waals surface area contributed by atoms with Gasteiger partial charge in [-0.2, -0.15) is 0 Å². The van der Waals surface area contributed by atoms with Crippen LogP contribution in [0.3, 0.4) is 0 Å². The SMILES string of the molecule is O=C(NCCc1nnc2n1CCCCC2)c1ccc(N2CCOCC2)c([N+](=O)[O-])c1. The summed E-state index contributed by atoms with van der Waals surface area (Å²) in [6, 6.07) is 4.64. The van der Waals surface area contributed by atoms with Gasteiger partial charge in [0.05, 0.1) is 18.1 Å². The van der Waals surface area contributed by atoms with Crippen molar-refractivity contribution in [2.24, 2.45) is 0 Å². The van der Waals surface area contributed by atoms with Crippen LogP contribution < -0.4 is 10.2 Å². The first kappa shape index (κ1) is 20.3. The van der Waals surface area contributed by atoms with Crippen LogP contribution in [0.5, 0.6) is 0 Å². The van der Waals surface area contributed by atoms with E-state index >= 15 is 0 Å². The molecule has 160 valence electrons. The molecule has 4 rings (SSSR count). The van der Waals surface area contributed by atoms with Crippen LogP contribution in [0.1, 0.15) is 41.3 Å². The number of hydrogen-bond acceptors (Lipinski definition) is 7. The first-order chi connectivity index (χ1) is 14.6. The van der Waals surface area contributed by atoms with Gasteiger partial charge >= 0.3 is 0 Å². The van der Waals surface area contributed by atoms with Gasteiger partial charge in [0.1, 0.15) is 17.3 Å². The molecule has 1 fully saturated rings. The molecule has 2 aromatic rings. The summed E-state index contributed by atoms with van der Waals surface area (Å²) in [5.74, 6) is 1.56. The van der Waals surface area contributed by atoms with E-state index in [0.29, 0.717) is 45.0 Å². The summed E-state index contributed by atoms with van der Waals surface area (Å²) in [6.45, 7) is 3.57. The van der Waals surface area contributed by atoms with Crippen LogP contribution in [-0.2, 0) is 24.1 Å². The van der Waals surface area contributed by atoms with Gasteiger partial charge in [-0.1, -0.05) is 6.42 Å². The lowest BCUT2D eigenvalue weighted by molar-refractivity contribution is -0.384. The molecule has 0 spiro atoms. The van der Waals surface area contributed by atoms with Crippen molar-refractivity contribution in [2.45, 2.75) is 38.6 Å². The Kier molecular flexibility index (Phi) is 6.22. The number of anilines is 1. The Labute approximate surface area is 174 Å². The van der Waals surface area contributed by atoms with Crippen molar-refractivity contribution in [2.75, 3.05) is 37.7 Å². The van der Waals surface area contributed by atoms with Crippen LogP contribution in [0.2, 0.25) is 0 Å². The predicted octanol–water partition coefficient (Wildman–Crippen LogP) is 1.72. The molecule has 0 saturated carbocycles. The molecule has 0 bridgehead atoms. The van der Waals surface area contributed by atoms with E-state index in [0.717, 1.165) is 37.5 Å². The van der Waals surface area contributed by atoms with Crippen molar-refractivity contribution >= 4 is 17.3 Å². The van der Waals surface area contributed by atoms with E-state index in [1.54, 1.807) is 12.1 Å². The third-order valence-corrected chi connectivity index (χ3v) is 5.61.